The number of benzene rings is 2. The topological polar surface area (TPSA) is 142 Å². The third-order valence-electron chi connectivity index (χ3n) is 4.96. The van der Waals surface area contributed by atoms with E-state index in [1.807, 2.05) is 32.9 Å². The number of aryl methyl sites for hydroxylation is 2. The molecule has 0 saturated heterocycles. The van der Waals surface area contributed by atoms with Gasteiger partial charge < -0.3 is 20.2 Å². The summed E-state index contributed by atoms with van der Waals surface area (Å²) in [7, 11) is 0. The Labute approximate surface area is 193 Å². The van der Waals surface area contributed by atoms with Gasteiger partial charge in [0.1, 0.15) is 18.0 Å². The zero-order chi connectivity index (χ0) is 24.4. The molecular formula is C21H20ClN5O6. The Morgan fingerprint density at radius 2 is 1.79 bits per heavy atom. The second kappa shape index (κ2) is 9.25. The molecule has 1 amide bonds. The summed E-state index contributed by atoms with van der Waals surface area (Å²) in [4.78, 5) is 33.6. The number of carbonyl (C=O) groups excluding carboxylic acids is 1. The van der Waals surface area contributed by atoms with Crippen molar-refractivity contribution in [3.63, 3.8) is 0 Å². The van der Waals surface area contributed by atoms with Crippen LogP contribution in [0.15, 0.2) is 30.3 Å². The number of rotatable bonds is 7. The van der Waals surface area contributed by atoms with E-state index in [-0.39, 0.29) is 34.4 Å². The highest BCUT2D eigenvalue weighted by molar-refractivity contribution is 6.33. The molecule has 172 valence electrons. The highest BCUT2D eigenvalue weighted by atomic mass is 35.5. The molecule has 0 aliphatic rings. The zero-order valence-electron chi connectivity index (χ0n) is 18.2. The van der Waals surface area contributed by atoms with Gasteiger partial charge in [0, 0.05) is 12.1 Å². The molecule has 0 bridgehead atoms. The number of anilines is 1. The van der Waals surface area contributed by atoms with Crippen molar-refractivity contribution in [2.24, 2.45) is 0 Å². The normalized spacial score (nSPS) is 10.7. The van der Waals surface area contributed by atoms with E-state index in [1.165, 1.54) is 25.1 Å². The van der Waals surface area contributed by atoms with E-state index < -0.39 is 21.6 Å². The Hall–Kier alpha value is -3.99. The van der Waals surface area contributed by atoms with Crippen LogP contribution < -0.4 is 10.1 Å². The fourth-order valence-electron chi connectivity index (χ4n) is 3.17. The SMILES string of the molecule is Cc1cc(C)c(C)c(Oc2cc(NC(=O)Cn3nc([N+](=O)[O-])c(Cl)c3C)cc([N+](=O)[O-])c2)c1. The Morgan fingerprint density at radius 1 is 1.09 bits per heavy atom. The van der Waals surface area contributed by atoms with E-state index in [0.717, 1.165) is 21.4 Å². The molecule has 1 aromatic heterocycles. The standard InChI is InChI=1S/C21H20ClN5O6/c1-11-5-12(2)13(3)18(6-11)33-17-8-15(7-16(9-17)26(29)30)23-19(28)10-25-14(4)20(22)21(24-25)27(31)32/h5-9H,10H2,1-4H3,(H,23,28). The van der Waals surface area contributed by atoms with E-state index in [1.54, 1.807) is 0 Å². The molecule has 0 fully saturated rings. The first kappa shape index (κ1) is 23.7. The molecule has 1 heterocycles. The van der Waals surface area contributed by atoms with E-state index in [9.17, 15) is 25.0 Å². The highest BCUT2D eigenvalue weighted by Gasteiger charge is 2.25. The summed E-state index contributed by atoms with van der Waals surface area (Å²) in [5.41, 5.74) is 2.94. The fraction of sp³-hybridized carbons (Fsp3) is 0.238. The number of nitrogens with one attached hydrogen (secondary N) is 1. The number of hydrogen-bond donors (Lipinski definition) is 1. The van der Waals surface area contributed by atoms with Gasteiger partial charge in [-0.25, -0.2) is 0 Å². The van der Waals surface area contributed by atoms with E-state index >= 15 is 0 Å². The van der Waals surface area contributed by atoms with Crippen LogP contribution in [-0.4, -0.2) is 25.5 Å². The summed E-state index contributed by atoms with van der Waals surface area (Å²) in [5, 5.41) is 28.5. The van der Waals surface area contributed by atoms with Gasteiger partial charge in [0.05, 0.1) is 27.5 Å². The van der Waals surface area contributed by atoms with Crippen LogP contribution in [0.1, 0.15) is 22.4 Å². The van der Waals surface area contributed by atoms with Crippen molar-refractivity contribution in [2.75, 3.05) is 5.32 Å². The van der Waals surface area contributed by atoms with Gasteiger partial charge in [-0.15, -0.1) is 0 Å². The summed E-state index contributed by atoms with van der Waals surface area (Å²) in [6, 6.07) is 7.71. The smallest absolute Gasteiger partial charge is 0.408 e. The van der Waals surface area contributed by atoms with Crippen molar-refractivity contribution in [3.8, 4) is 11.5 Å². The minimum atomic E-state index is -0.747. The van der Waals surface area contributed by atoms with Gasteiger partial charge in [-0.2, -0.15) is 4.68 Å². The lowest BCUT2D eigenvalue weighted by molar-refractivity contribution is -0.389. The monoisotopic (exact) mass is 473 g/mol. The Bertz CT molecular complexity index is 1290. The number of nitro benzene ring substituents is 1. The van der Waals surface area contributed by atoms with E-state index in [2.05, 4.69) is 10.4 Å². The van der Waals surface area contributed by atoms with Gasteiger partial charge in [-0.3, -0.25) is 14.9 Å². The number of aromatic nitrogens is 2. The molecule has 0 radical (unpaired) electrons. The first-order valence-electron chi connectivity index (χ1n) is 9.68. The highest BCUT2D eigenvalue weighted by Crippen LogP contribution is 2.33. The maximum atomic E-state index is 12.5. The van der Waals surface area contributed by atoms with Crippen LogP contribution >= 0.6 is 11.6 Å². The van der Waals surface area contributed by atoms with Crippen LogP contribution in [0.2, 0.25) is 5.02 Å². The number of non-ortho nitro benzene ring substituents is 1. The number of carbonyl (C=O) groups is 1. The molecule has 11 nitrogen and oxygen atoms in total. The van der Waals surface area contributed by atoms with Gasteiger partial charge in [0.25, 0.3) is 5.69 Å². The van der Waals surface area contributed by atoms with Gasteiger partial charge in [-0.1, -0.05) is 17.7 Å². The van der Waals surface area contributed by atoms with Gasteiger partial charge in [0.2, 0.25) is 5.91 Å². The van der Waals surface area contributed by atoms with Crippen molar-refractivity contribution in [3.05, 3.63) is 78.0 Å². The number of amides is 1. The Balaban J connectivity index is 1.87. The van der Waals surface area contributed by atoms with Gasteiger partial charge in [0.15, 0.2) is 5.02 Å². The second-order valence-corrected chi connectivity index (χ2v) is 7.84. The molecular weight excluding hydrogens is 454 g/mol. The van der Waals surface area contributed by atoms with E-state index in [4.69, 9.17) is 16.3 Å². The van der Waals surface area contributed by atoms with Crippen LogP contribution in [0.3, 0.4) is 0 Å². The molecule has 12 heteroatoms. The second-order valence-electron chi connectivity index (χ2n) is 7.47. The van der Waals surface area contributed by atoms with Crippen molar-refractivity contribution in [1.82, 2.24) is 9.78 Å². The third-order valence-corrected chi connectivity index (χ3v) is 5.40. The van der Waals surface area contributed by atoms with Crippen LogP contribution in [0.5, 0.6) is 11.5 Å². The molecule has 0 saturated carbocycles. The molecule has 0 atom stereocenters. The molecule has 0 aliphatic carbocycles. The summed E-state index contributed by atoms with van der Waals surface area (Å²) in [6.07, 6.45) is 0. The minimum absolute atomic E-state index is 0.122. The molecule has 3 aromatic rings. The van der Waals surface area contributed by atoms with Crippen molar-refractivity contribution in [1.29, 1.82) is 0 Å². The minimum Gasteiger partial charge on any atom is -0.457 e. The first-order valence-corrected chi connectivity index (χ1v) is 10.1. The molecule has 3 rings (SSSR count). The third kappa shape index (κ3) is 5.26. The molecule has 1 N–H and O–H groups in total. The maximum absolute atomic E-state index is 12.5. The first-order chi connectivity index (χ1) is 15.5. The van der Waals surface area contributed by atoms with E-state index in [0.29, 0.717) is 5.75 Å². The molecule has 0 spiro atoms. The zero-order valence-corrected chi connectivity index (χ0v) is 19.0. The molecule has 2 aromatic carbocycles. The predicted octanol–water partition coefficient (Wildman–Crippen LogP) is 5.02. The lowest BCUT2D eigenvalue weighted by atomic mass is 10.1. The number of nitro groups is 2. The average Bonchev–Trinajstić information content (AvgIpc) is 3.00. The number of ether oxygens (including phenoxy) is 1. The molecule has 0 aliphatic heterocycles. The quantitative estimate of drug-likeness (QED) is 0.375. The lowest BCUT2D eigenvalue weighted by Crippen LogP contribution is -2.20. The number of nitrogens with zero attached hydrogens (tertiary/aromatic N) is 4. The Morgan fingerprint density at radius 3 is 2.39 bits per heavy atom. The van der Waals surface area contributed by atoms with Crippen molar-refractivity contribution < 1.29 is 19.4 Å². The van der Waals surface area contributed by atoms with Crippen molar-refractivity contribution >= 4 is 34.7 Å². The van der Waals surface area contributed by atoms with Gasteiger partial charge >= 0.3 is 5.82 Å². The van der Waals surface area contributed by atoms with Crippen molar-refractivity contribution in [2.45, 2.75) is 34.2 Å². The number of halogens is 1. The largest absolute Gasteiger partial charge is 0.457 e. The maximum Gasteiger partial charge on any atom is 0.408 e. The Kier molecular flexibility index (Phi) is 6.63. The predicted molar refractivity (Wildman–Crippen MR) is 121 cm³/mol. The van der Waals surface area contributed by atoms with Crippen LogP contribution in [0.25, 0.3) is 0 Å². The summed E-state index contributed by atoms with van der Waals surface area (Å²) >= 11 is 5.89. The van der Waals surface area contributed by atoms with Crippen LogP contribution in [0.4, 0.5) is 17.2 Å². The molecule has 33 heavy (non-hydrogen) atoms. The lowest BCUT2D eigenvalue weighted by Gasteiger charge is -2.13. The average molecular weight is 474 g/mol. The summed E-state index contributed by atoms with van der Waals surface area (Å²) in [5.74, 6) is -0.459. The summed E-state index contributed by atoms with van der Waals surface area (Å²) < 4.78 is 6.99. The van der Waals surface area contributed by atoms with Crippen LogP contribution in [-0.2, 0) is 11.3 Å². The fourth-order valence-corrected chi connectivity index (χ4v) is 3.37. The summed E-state index contributed by atoms with van der Waals surface area (Å²) in [6.45, 7) is 6.82. The van der Waals surface area contributed by atoms with Gasteiger partial charge in [-0.05, 0) is 55.4 Å². The molecule has 0 unspecified atom stereocenters. The van der Waals surface area contributed by atoms with Crippen LogP contribution in [0, 0.1) is 47.9 Å². The number of hydrogen-bond acceptors (Lipinski definition) is 7.